The number of aromatic nitrogens is 3. The highest BCUT2D eigenvalue weighted by Crippen LogP contribution is 2.21. The normalized spacial score (nSPS) is 11.2. The summed E-state index contributed by atoms with van der Waals surface area (Å²) in [6.45, 7) is 1.59. The molecule has 1 aromatic carbocycles. The predicted molar refractivity (Wildman–Crippen MR) is 82.3 cm³/mol. The number of hydrogen-bond donors (Lipinski definition) is 0. The fourth-order valence-electron chi connectivity index (χ4n) is 1.39. The van der Waals surface area contributed by atoms with Gasteiger partial charge in [0, 0.05) is 0 Å². The monoisotopic (exact) mass is 328 g/mol. The number of benzene rings is 1. The van der Waals surface area contributed by atoms with E-state index in [1.165, 1.54) is 22.7 Å². The summed E-state index contributed by atoms with van der Waals surface area (Å²) in [7, 11) is 0. The Morgan fingerprint density at radius 2 is 2.05 bits per heavy atom. The van der Waals surface area contributed by atoms with E-state index in [9.17, 15) is 4.79 Å². The third kappa shape index (κ3) is 3.20. The number of hydrogen-bond acceptors (Lipinski definition) is 5. The van der Waals surface area contributed by atoms with Crippen LogP contribution in [0.25, 0.3) is 0 Å². The predicted octanol–water partition coefficient (Wildman–Crippen LogP) is 2.86. The second kappa shape index (κ2) is 6.39. The minimum Gasteiger partial charge on any atom is -0.265 e. The highest BCUT2D eigenvalue weighted by atomic mass is 35.5. The van der Waals surface area contributed by atoms with E-state index in [4.69, 9.17) is 23.2 Å². The Labute approximate surface area is 129 Å². The number of nitrogens with zero attached hydrogens (tertiary/aromatic N) is 4. The summed E-state index contributed by atoms with van der Waals surface area (Å²) in [5, 5.41) is 13.1. The molecular formula is C12H10Cl2N4OS. The lowest BCUT2D eigenvalue weighted by Crippen LogP contribution is -2.23. The van der Waals surface area contributed by atoms with Gasteiger partial charge in [0.1, 0.15) is 5.69 Å². The van der Waals surface area contributed by atoms with Crippen molar-refractivity contribution in [2.45, 2.75) is 12.1 Å². The quantitative estimate of drug-likeness (QED) is 0.642. The van der Waals surface area contributed by atoms with Crippen LogP contribution in [0.3, 0.4) is 0 Å². The molecule has 104 valence electrons. The summed E-state index contributed by atoms with van der Waals surface area (Å²) >= 11 is 13.0. The van der Waals surface area contributed by atoms with Gasteiger partial charge in [-0.05, 0) is 30.9 Å². The molecule has 8 heteroatoms. The molecule has 1 aromatic heterocycles. The van der Waals surface area contributed by atoms with E-state index in [-0.39, 0.29) is 11.3 Å². The summed E-state index contributed by atoms with van der Waals surface area (Å²) in [6, 6.07) is 5.08. The SMILES string of the molecule is CSc1nnc(C)c(=O)n1/N=C\c1ccc(Cl)c(Cl)c1. The van der Waals surface area contributed by atoms with Crippen LogP contribution in [0.2, 0.25) is 10.0 Å². The van der Waals surface area contributed by atoms with Crippen LogP contribution in [0.5, 0.6) is 0 Å². The van der Waals surface area contributed by atoms with E-state index >= 15 is 0 Å². The van der Waals surface area contributed by atoms with Crippen LogP contribution in [0.1, 0.15) is 11.3 Å². The summed E-state index contributed by atoms with van der Waals surface area (Å²) in [5.74, 6) is 0. The lowest BCUT2D eigenvalue weighted by atomic mass is 10.2. The van der Waals surface area contributed by atoms with Gasteiger partial charge in [-0.25, -0.2) is 0 Å². The van der Waals surface area contributed by atoms with Crippen LogP contribution in [0.15, 0.2) is 33.3 Å². The zero-order chi connectivity index (χ0) is 14.7. The van der Waals surface area contributed by atoms with Gasteiger partial charge in [-0.1, -0.05) is 41.0 Å². The van der Waals surface area contributed by atoms with Crippen LogP contribution < -0.4 is 5.56 Å². The van der Waals surface area contributed by atoms with Gasteiger partial charge in [-0.2, -0.15) is 9.78 Å². The molecule has 0 saturated heterocycles. The molecule has 0 amide bonds. The number of thioether (sulfide) groups is 1. The molecule has 0 unspecified atom stereocenters. The van der Waals surface area contributed by atoms with Gasteiger partial charge in [0.15, 0.2) is 0 Å². The molecule has 20 heavy (non-hydrogen) atoms. The Morgan fingerprint density at radius 3 is 2.70 bits per heavy atom. The van der Waals surface area contributed by atoms with Crippen molar-refractivity contribution in [2.75, 3.05) is 6.26 Å². The molecule has 0 radical (unpaired) electrons. The Bertz CT molecular complexity index is 730. The third-order valence-corrected chi connectivity index (χ3v) is 3.78. The zero-order valence-electron chi connectivity index (χ0n) is 10.7. The maximum absolute atomic E-state index is 12.0. The lowest BCUT2D eigenvalue weighted by molar-refractivity contribution is 0.635. The minimum absolute atomic E-state index is 0.286. The first-order valence-electron chi connectivity index (χ1n) is 5.52. The standard InChI is InChI=1S/C12H10Cl2N4OS/c1-7-11(19)18(12(20-2)17-16-7)15-6-8-3-4-9(13)10(14)5-8/h3-6H,1-2H3/b15-6-. The topological polar surface area (TPSA) is 60.1 Å². The number of aryl methyl sites for hydroxylation is 1. The summed E-state index contributed by atoms with van der Waals surface area (Å²) < 4.78 is 1.20. The number of halogens is 2. The van der Waals surface area contributed by atoms with Gasteiger partial charge in [-0.3, -0.25) is 4.79 Å². The van der Waals surface area contributed by atoms with Gasteiger partial charge in [0.25, 0.3) is 5.56 Å². The molecular weight excluding hydrogens is 319 g/mol. The van der Waals surface area contributed by atoms with Crippen LogP contribution in [0.4, 0.5) is 0 Å². The van der Waals surface area contributed by atoms with Gasteiger partial charge < -0.3 is 0 Å². The number of rotatable bonds is 3. The van der Waals surface area contributed by atoms with E-state index in [2.05, 4.69) is 15.3 Å². The van der Waals surface area contributed by atoms with E-state index in [0.29, 0.717) is 15.2 Å². The van der Waals surface area contributed by atoms with Crippen molar-refractivity contribution in [1.82, 2.24) is 14.9 Å². The van der Waals surface area contributed by atoms with Crippen molar-refractivity contribution >= 4 is 41.2 Å². The van der Waals surface area contributed by atoms with E-state index < -0.39 is 0 Å². The van der Waals surface area contributed by atoms with E-state index in [1.54, 1.807) is 31.4 Å². The molecule has 0 spiro atoms. The summed E-state index contributed by atoms with van der Waals surface area (Å²) in [4.78, 5) is 12.0. The average Bonchev–Trinajstić information content (AvgIpc) is 2.44. The van der Waals surface area contributed by atoms with Gasteiger partial charge in [0.2, 0.25) is 5.16 Å². The Hall–Kier alpha value is -1.37. The van der Waals surface area contributed by atoms with Crippen LogP contribution >= 0.6 is 35.0 Å². The highest BCUT2D eigenvalue weighted by Gasteiger charge is 2.07. The second-order valence-corrected chi connectivity index (χ2v) is 5.39. The van der Waals surface area contributed by atoms with Crippen LogP contribution in [-0.4, -0.2) is 27.3 Å². The van der Waals surface area contributed by atoms with Crippen molar-refractivity contribution < 1.29 is 0 Å². The van der Waals surface area contributed by atoms with Crippen molar-refractivity contribution in [1.29, 1.82) is 0 Å². The smallest absolute Gasteiger partial charge is 0.265 e. The molecule has 0 fully saturated rings. The lowest BCUT2D eigenvalue weighted by Gasteiger charge is -2.03. The highest BCUT2D eigenvalue weighted by molar-refractivity contribution is 7.98. The van der Waals surface area contributed by atoms with Crippen molar-refractivity contribution in [3.05, 3.63) is 49.9 Å². The molecule has 0 aliphatic heterocycles. The van der Waals surface area contributed by atoms with E-state index in [1.807, 2.05) is 0 Å². The minimum atomic E-state index is -0.305. The van der Waals surface area contributed by atoms with Gasteiger partial charge in [-0.15, -0.1) is 10.2 Å². The molecule has 0 atom stereocenters. The molecule has 0 bridgehead atoms. The first-order chi connectivity index (χ1) is 9.52. The van der Waals surface area contributed by atoms with Crippen molar-refractivity contribution in [2.24, 2.45) is 5.10 Å². The molecule has 0 saturated carbocycles. The van der Waals surface area contributed by atoms with Crippen molar-refractivity contribution in [3.8, 4) is 0 Å². The maximum atomic E-state index is 12.0. The van der Waals surface area contributed by atoms with Gasteiger partial charge in [0.05, 0.1) is 16.3 Å². The first-order valence-corrected chi connectivity index (χ1v) is 7.50. The van der Waals surface area contributed by atoms with Crippen molar-refractivity contribution in [3.63, 3.8) is 0 Å². The summed E-state index contributed by atoms with van der Waals surface area (Å²) in [5.41, 5.74) is 0.711. The van der Waals surface area contributed by atoms with Crippen LogP contribution in [-0.2, 0) is 0 Å². The molecule has 0 aliphatic rings. The zero-order valence-corrected chi connectivity index (χ0v) is 13.0. The first kappa shape index (κ1) is 15.0. The Balaban J connectivity index is 2.43. The van der Waals surface area contributed by atoms with Gasteiger partial charge >= 0.3 is 0 Å². The molecule has 0 N–H and O–H groups in total. The fraction of sp³-hybridized carbons (Fsp3) is 0.167. The molecule has 2 aromatic rings. The fourth-order valence-corrected chi connectivity index (χ4v) is 2.12. The summed E-state index contributed by atoms with van der Waals surface area (Å²) in [6.07, 6.45) is 3.31. The average molecular weight is 329 g/mol. The van der Waals surface area contributed by atoms with Crippen LogP contribution in [0, 0.1) is 6.92 Å². The van der Waals surface area contributed by atoms with E-state index in [0.717, 1.165) is 5.56 Å². The maximum Gasteiger partial charge on any atom is 0.296 e. The molecule has 5 nitrogen and oxygen atoms in total. The Kier molecular flexibility index (Phi) is 4.80. The third-order valence-electron chi connectivity index (χ3n) is 2.42. The molecule has 0 aliphatic carbocycles. The largest absolute Gasteiger partial charge is 0.296 e. The Morgan fingerprint density at radius 1 is 1.30 bits per heavy atom. The second-order valence-electron chi connectivity index (χ2n) is 3.81. The molecule has 2 rings (SSSR count). The molecule has 1 heterocycles.